The number of fused-ring (bicyclic) bond motifs is 1. The molecule has 1 aliphatic carbocycles. The van der Waals surface area contributed by atoms with Crippen molar-refractivity contribution in [3.8, 4) is 0 Å². The van der Waals surface area contributed by atoms with Crippen molar-refractivity contribution in [2.45, 2.75) is 39.3 Å². The molecule has 102 valence electrons. The van der Waals surface area contributed by atoms with Crippen LogP contribution in [0.4, 0.5) is 4.79 Å². The van der Waals surface area contributed by atoms with Gasteiger partial charge in [-0.3, -0.25) is 4.98 Å². The number of carbonyl (C=O) groups is 1. The van der Waals surface area contributed by atoms with Crippen molar-refractivity contribution < 1.29 is 9.53 Å². The zero-order chi connectivity index (χ0) is 14.0. The first kappa shape index (κ1) is 13.9. The Bertz CT molecular complexity index is 533. The highest BCUT2D eigenvalue weighted by Crippen LogP contribution is 2.29. The second-order valence-corrected chi connectivity index (χ2v) is 5.86. The van der Waals surface area contributed by atoms with Gasteiger partial charge < -0.3 is 10.1 Å². The van der Waals surface area contributed by atoms with Gasteiger partial charge in [0.1, 0.15) is 5.60 Å². The van der Waals surface area contributed by atoms with Crippen molar-refractivity contribution in [1.82, 2.24) is 10.3 Å². The van der Waals surface area contributed by atoms with Gasteiger partial charge >= 0.3 is 6.09 Å². The minimum Gasteiger partial charge on any atom is -0.444 e. The number of nitrogens with zero attached hydrogens (tertiary/aromatic N) is 1. The molecule has 0 atom stereocenters. The van der Waals surface area contributed by atoms with Gasteiger partial charge in [0.05, 0.1) is 5.69 Å². The van der Waals surface area contributed by atoms with Gasteiger partial charge in [-0.15, -0.1) is 0 Å². The molecule has 0 saturated heterocycles. The number of alkyl carbamates (subject to hydrolysis) is 1. The second-order valence-electron chi connectivity index (χ2n) is 5.45. The van der Waals surface area contributed by atoms with E-state index >= 15 is 0 Å². The summed E-state index contributed by atoms with van der Waals surface area (Å²) in [5.41, 5.74) is 2.33. The van der Waals surface area contributed by atoms with E-state index in [1.807, 2.05) is 32.9 Å². The number of rotatable bonds is 2. The number of allylic oxidation sites excluding steroid dienone is 1. The first-order chi connectivity index (χ1) is 8.85. The average molecular weight is 281 g/mol. The molecule has 0 bridgehead atoms. The molecule has 0 radical (unpaired) electrons. The predicted molar refractivity (Wildman–Crippen MR) is 74.8 cm³/mol. The van der Waals surface area contributed by atoms with Gasteiger partial charge in [0.2, 0.25) is 0 Å². The van der Waals surface area contributed by atoms with Gasteiger partial charge in [-0.2, -0.15) is 0 Å². The number of pyridine rings is 1. The molecule has 0 spiro atoms. The summed E-state index contributed by atoms with van der Waals surface area (Å²) in [7, 11) is 0. The third-order valence-electron chi connectivity index (χ3n) is 2.59. The lowest BCUT2D eigenvalue weighted by Gasteiger charge is -2.19. The highest BCUT2D eigenvalue weighted by molar-refractivity contribution is 6.49. The Morgan fingerprint density at radius 3 is 2.95 bits per heavy atom. The van der Waals surface area contributed by atoms with Crippen LogP contribution in [0.1, 0.15) is 37.6 Å². The van der Waals surface area contributed by atoms with Crippen LogP contribution in [0.25, 0.3) is 5.03 Å². The largest absolute Gasteiger partial charge is 0.444 e. The zero-order valence-corrected chi connectivity index (χ0v) is 12.0. The van der Waals surface area contributed by atoms with Crippen molar-refractivity contribution in [3.63, 3.8) is 0 Å². The van der Waals surface area contributed by atoms with Crippen LogP contribution in [0.2, 0.25) is 0 Å². The molecule has 1 N–H and O–H groups in total. The van der Waals surface area contributed by atoms with E-state index in [1.165, 1.54) is 0 Å². The summed E-state index contributed by atoms with van der Waals surface area (Å²) in [6, 6.07) is 1.95. The van der Waals surface area contributed by atoms with Crippen molar-refractivity contribution in [3.05, 3.63) is 35.2 Å². The highest BCUT2D eigenvalue weighted by atomic mass is 35.5. The first-order valence-corrected chi connectivity index (χ1v) is 6.53. The van der Waals surface area contributed by atoms with Crippen LogP contribution in [0.15, 0.2) is 18.3 Å². The smallest absolute Gasteiger partial charge is 0.407 e. The molecule has 1 amide bonds. The summed E-state index contributed by atoms with van der Waals surface area (Å²) in [4.78, 5) is 15.9. The summed E-state index contributed by atoms with van der Waals surface area (Å²) in [5.74, 6) is 0. The van der Waals surface area contributed by atoms with Crippen molar-refractivity contribution in [2.24, 2.45) is 0 Å². The number of hydrogen-bond donors (Lipinski definition) is 1. The number of halogens is 1. The molecule has 0 aliphatic heterocycles. The van der Waals surface area contributed by atoms with E-state index in [9.17, 15) is 4.79 Å². The van der Waals surface area contributed by atoms with E-state index in [-0.39, 0.29) is 0 Å². The quantitative estimate of drug-likeness (QED) is 0.905. The monoisotopic (exact) mass is 280 g/mol. The van der Waals surface area contributed by atoms with E-state index in [0.29, 0.717) is 6.54 Å². The van der Waals surface area contributed by atoms with Crippen LogP contribution in [-0.2, 0) is 17.7 Å². The number of nitrogens with one attached hydrogen (secondary N) is 1. The average Bonchev–Trinajstić information content (AvgIpc) is 2.66. The number of amides is 1. The summed E-state index contributed by atoms with van der Waals surface area (Å²) < 4.78 is 5.17. The molecule has 1 aromatic rings. The fourth-order valence-corrected chi connectivity index (χ4v) is 2.03. The Balaban J connectivity index is 1.96. The molecule has 0 saturated carbocycles. The molecule has 1 aliphatic rings. The molecular weight excluding hydrogens is 264 g/mol. The lowest BCUT2D eigenvalue weighted by atomic mass is 10.1. The summed E-state index contributed by atoms with van der Waals surface area (Å²) >= 11 is 6.07. The molecular formula is C14H17ClN2O2. The molecule has 1 heterocycles. The van der Waals surface area contributed by atoms with Crippen LogP contribution in [0.5, 0.6) is 0 Å². The fourth-order valence-electron chi connectivity index (χ4n) is 1.79. The minimum absolute atomic E-state index is 0.374. The van der Waals surface area contributed by atoms with Gasteiger partial charge in [0.25, 0.3) is 0 Å². The van der Waals surface area contributed by atoms with Crippen LogP contribution >= 0.6 is 11.6 Å². The zero-order valence-electron chi connectivity index (χ0n) is 11.3. The fraction of sp³-hybridized carbons (Fsp3) is 0.429. The Morgan fingerprint density at radius 1 is 1.53 bits per heavy atom. The SMILES string of the molecule is CC(C)(C)OC(=O)NCc1cnc2c(c1)C(Cl)=CC2. The molecule has 19 heavy (non-hydrogen) atoms. The lowest BCUT2D eigenvalue weighted by Crippen LogP contribution is -2.32. The maximum absolute atomic E-state index is 11.5. The second kappa shape index (κ2) is 5.21. The molecule has 5 heteroatoms. The Morgan fingerprint density at radius 2 is 2.26 bits per heavy atom. The van der Waals surface area contributed by atoms with Gasteiger partial charge in [0.15, 0.2) is 0 Å². The van der Waals surface area contributed by atoms with Gasteiger partial charge in [-0.25, -0.2) is 4.79 Å². The topological polar surface area (TPSA) is 51.2 Å². The Hall–Kier alpha value is -1.55. The maximum atomic E-state index is 11.5. The summed E-state index contributed by atoms with van der Waals surface area (Å²) in [5, 5.41) is 3.42. The third-order valence-corrected chi connectivity index (χ3v) is 2.95. The first-order valence-electron chi connectivity index (χ1n) is 6.16. The number of ether oxygens (including phenoxy) is 1. The Kier molecular flexibility index (Phi) is 3.80. The van der Waals surface area contributed by atoms with Gasteiger partial charge in [0, 0.05) is 29.8 Å². The molecule has 0 fully saturated rings. The van der Waals surface area contributed by atoms with Crippen LogP contribution in [0, 0.1) is 0 Å². The predicted octanol–water partition coefficient (Wildman–Crippen LogP) is 3.24. The lowest BCUT2D eigenvalue weighted by molar-refractivity contribution is 0.0523. The number of hydrogen-bond acceptors (Lipinski definition) is 3. The molecule has 4 nitrogen and oxygen atoms in total. The summed E-state index contributed by atoms with van der Waals surface area (Å²) in [6.07, 6.45) is 4.02. The van der Waals surface area contributed by atoms with Crippen LogP contribution in [0.3, 0.4) is 0 Å². The van der Waals surface area contributed by atoms with Crippen molar-refractivity contribution >= 4 is 22.7 Å². The minimum atomic E-state index is -0.494. The van der Waals surface area contributed by atoms with Gasteiger partial charge in [-0.05, 0) is 32.4 Å². The number of carbonyl (C=O) groups excluding carboxylic acids is 1. The van der Waals surface area contributed by atoms with E-state index in [2.05, 4.69) is 10.3 Å². The Labute approximate surface area is 117 Å². The third kappa shape index (κ3) is 3.70. The maximum Gasteiger partial charge on any atom is 0.407 e. The summed E-state index contributed by atoms with van der Waals surface area (Å²) in [6.45, 7) is 5.86. The van der Waals surface area contributed by atoms with Crippen LogP contribution in [-0.4, -0.2) is 16.7 Å². The van der Waals surface area contributed by atoms with E-state index in [4.69, 9.17) is 16.3 Å². The van der Waals surface area contributed by atoms with E-state index in [0.717, 1.165) is 28.3 Å². The van der Waals surface area contributed by atoms with Crippen molar-refractivity contribution in [1.29, 1.82) is 0 Å². The standard InChI is InChI=1S/C14H17ClN2O2/c1-14(2,3)19-13(18)17-8-9-6-10-11(15)4-5-12(10)16-7-9/h4,6-7H,5,8H2,1-3H3,(H,17,18). The van der Waals surface area contributed by atoms with E-state index < -0.39 is 11.7 Å². The molecule has 2 rings (SSSR count). The van der Waals surface area contributed by atoms with Gasteiger partial charge in [-0.1, -0.05) is 17.7 Å². The number of aromatic nitrogens is 1. The molecule has 0 unspecified atom stereocenters. The van der Waals surface area contributed by atoms with E-state index in [1.54, 1.807) is 6.20 Å². The molecule has 0 aromatic carbocycles. The highest BCUT2D eigenvalue weighted by Gasteiger charge is 2.17. The van der Waals surface area contributed by atoms with Crippen molar-refractivity contribution in [2.75, 3.05) is 0 Å². The van der Waals surface area contributed by atoms with Crippen LogP contribution < -0.4 is 5.32 Å². The normalized spacial score (nSPS) is 13.8. The molecule has 1 aromatic heterocycles.